The van der Waals surface area contributed by atoms with E-state index in [4.69, 9.17) is 18.0 Å². The zero-order valence-electron chi connectivity index (χ0n) is 10.4. The van der Waals surface area contributed by atoms with Crippen molar-refractivity contribution in [3.63, 3.8) is 0 Å². The standard InChI is InChI=1S/C13H18N2O2S/c14-12(18)13(5-1-2-6-13)15-10(16)8-3-4-9(7-8)11(15)17/h8-9H,1-7H2,(H2,14,18). The number of amides is 2. The Kier molecular flexibility index (Phi) is 2.70. The molecule has 1 heterocycles. The van der Waals surface area contributed by atoms with Crippen LogP contribution in [0.3, 0.4) is 0 Å². The van der Waals surface area contributed by atoms with Gasteiger partial charge in [-0.05, 0) is 32.1 Å². The Morgan fingerprint density at radius 2 is 1.67 bits per heavy atom. The minimum Gasteiger partial charge on any atom is -0.391 e. The van der Waals surface area contributed by atoms with Crippen molar-refractivity contribution in [2.75, 3.05) is 0 Å². The maximum absolute atomic E-state index is 12.5. The summed E-state index contributed by atoms with van der Waals surface area (Å²) in [6.45, 7) is 0. The summed E-state index contributed by atoms with van der Waals surface area (Å²) in [5.41, 5.74) is 5.24. The number of imide groups is 1. The highest BCUT2D eigenvalue weighted by Gasteiger charge is 2.55. The Morgan fingerprint density at radius 3 is 2.11 bits per heavy atom. The highest BCUT2D eigenvalue weighted by atomic mass is 32.1. The van der Waals surface area contributed by atoms with Gasteiger partial charge in [-0.1, -0.05) is 25.1 Å². The predicted molar refractivity (Wildman–Crippen MR) is 70.7 cm³/mol. The van der Waals surface area contributed by atoms with Gasteiger partial charge in [0.15, 0.2) is 0 Å². The molecule has 0 aromatic heterocycles. The Labute approximate surface area is 112 Å². The molecule has 0 aromatic carbocycles. The molecule has 2 bridgehead atoms. The van der Waals surface area contributed by atoms with Crippen LogP contribution in [0.5, 0.6) is 0 Å². The smallest absolute Gasteiger partial charge is 0.233 e. The molecule has 3 fully saturated rings. The van der Waals surface area contributed by atoms with Gasteiger partial charge in [0.2, 0.25) is 11.8 Å². The molecule has 1 saturated heterocycles. The molecule has 2 aliphatic carbocycles. The Morgan fingerprint density at radius 1 is 1.17 bits per heavy atom. The lowest BCUT2D eigenvalue weighted by atomic mass is 9.87. The molecule has 0 radical (unpaired) electrons. The lowest BCUT2D eigenvalue weighted by Gasteiger charge is -2.43. The van der Waals surface area contributed by atoms with Gasteiger partial charge in [0.05, 0.1) is 4.99 Å². The summed E-state index contributed by atoms with van der Waals surface area (Å²) < 4.78 is 0. The average molecular weight is 266 g/mol. The van der Waals surface area contributed by atoms with Crippen molar-refractivity contribution in [2.24, 2.45) is 17.6 Å². The van der Waals surface area contributed by atoms with Crippen LogP contribution < -0.4 is 5.73 Å². The molecule has 98 valence electrons. The van der Waals surface area contributed by atoms with Crippen LogP contribution in [0.2, 0.25) is 0 Å². The Bertz CT molecular complexity index is 407. The van der Waals surface area contributed by atoms with Crippen molar-refractivity contribution in [1.29, 1.82) is 0 Å². The molecule has 3 rings (SSSR count). The maximum atomic E-state index is 12.5. The van der Waals surface area contributed by atoms with Gasteiger partial charge in [0.25, 0.3) is 0 Å². The van der Waals surface area contributed by atoms with Gasteiger partial charge in [-0.3, -0.25) is 14.5 Å². The number of likely N-dealkylation sites (tertiary alicyclic amines) is 1. The fourth-order valence-electron chi connectivity index (χ4n) is 3.87. The molecule has 4 nitrogen and oxygen atoms in total. The molecule has 2 saturated carbocycles. The second-order valence-corrected chi connectivity index (χ2v) is 6.26. The van der Waals surface area contributed by atoms with Crippen molar-refractivity contribution in [2.45, 2.75) is 50.5 Å². The SMILES string of the molecule is NC(=S)C1(N2C(=O)C3CCC(C3)C2=O)CCCC1. The summed E-state index contributed by atoms with van der Waals surface area (Å²) in [6.07, 6.45) is 5.91. The summed E-state index contributed by atoms with van der Waals surface area (Å²) in [5.74, 6) is 0.00551. The number of rotatable bonds is 2. The van der Waals surface area contributed by atoms with Crippen LogP contribution in [-0.4, -0.2) is 27.2 Å². The van der Waals surface area contributed by atoms with Gasteiger partial charge in [0.1, 0.15) is 5.54 Å². The molecule has 3 aliphatic rings. The summed E-state index contributed by atoms with van der Waals surface area (Å²) in [4.78, 5) is 26.7. The second kappa shape index (κ2) is 4.02. The van der Waals surface area contributed by atoms with E-state index in [1.54, 1.807) is 0 Å². The number of fused-ring (bicyclic) bond motifs is 2. The minimum absolute atomic E-state index is 0.0246. The Hall–Kier alpha value is -0.970. The third-order valence-electron chi connectivity index (χ3n) is 4.89. The van der Waals surface area contributed by atoms with Crippen molar-refractivity contribution < 1.29 is 9.59 Å². The Balaban J connectivity index is 2.01. The predicted octanol–water partition coefficient (Wildman–Crippen LogP) is 1.37. The molecule has 5 heteroatoms. The summed E-state index contributed by atoms with van der Waals surface area (Å²) >= 11 is 5.18. The fraction of sp³-hybridized carbons (Fsp3) is 0.769. The molecule has 0 spiro atoms. The number of piperidine rings is 1. The minimum atomic E-state index is -0.648. The van der Waals surface area contributed by atoms with E-state index in [2.05, 4.69) is 0 Å². The number of thiocarbonyl (C=S) groups is 1. The van der Waals surface area contributed by atoms with E-state index in [0.29, 0.717) is 4.99 Å². The van der Waals surface area contributed by atoms with Crippen LogP contribution >= 0.6 is 12.2 Å². The van der Waals surface area contributed by atoms with E-state index < -0.39 is 5.54 Å². The summed E-state index contributed by atoms with van der Waals surface area (Å²) in [6, 6.07) is 0. The number of carbonyl (C=O) groups is 2. The lowest BCUT2D eigenvalue weighted by molar-refractivity contribution is -0.157. The highest BCUT2D eigenvalue weighted by Crippen LogP contribution is 2.45. The molecule has 1 aliphatic heterocycles. The lowest BCUT2D eigenvalue weighted by Crippen LogP contribution is -2.63. The van der Waals surface area contributed by atoms with Gasteiger partial charge in [0, 0.05) is 11.8 Å². The van der Waals surface area contributed by atoms with Crippen LogP contribution in [0.15, 0.2) is 0 Å². The zero-order chi connectivity index (χ0) is 12.9. The summed E-state index contributed by atoms with van der Waals surface area (Å²) in [7, 11) is 0. The first-order chi connectivity index (χ1) is 8.56. The third-order valence-corrected chi connectivity index (χ3v) is 5.27. The normalized spacial score (nSPS) is 34.1. The van der Waals surface area contributed by atoms with Crippen molar-refractivity contribution >= 4 is 29.0 Å². The van der Waals surface area contributed by atoms with Gasteiger partial charge < -0.3 is 5.73 Å². The maximum Gasteiger partial charge on any atom is 0.233 e. The van der Waals surface area contributed by atoms with Crippen LogP contribution in [-0.2, 0) is 9.59 Å². The molecular weight excluding hydrogens is 248 g/mol. The quantitative estimate of drug-likeness (QED) is 0.605. The molecule has 2 unspecified atom stereocenters. The number of carbonyl (C=O) groups excluding carboxylic acids is 2. The van der Waals surface area contributed by atoms with Crippen LogP contribution in [0.1, 0.15) is 44.9 Å². The van der Waals surface area contributed by atoms with Crippen molar-refractivity contribution in [1.82, 2.24) is 4.90 Å². The topological polar surface area (TPSA) is 63.4 Å². The molecular formula is C13H18N2O2S. The van der Waals surface area contributed by atoms with Gasteiger partial charge in [-0.25, -0.2) is 0 Å². The van der Waals surface area contributed by atoms with Gasteiger partial charge in [-0.2, -0.15) is 0 Å². The average Bonchev–Trinajstić information content (AvgIpc) is 2.96. The van der Waals surface area contributed by atoms with E-state index in [1.165, 1.54) is 4.90 Å². The molecule has 0 aromatic rings. The second-order valence-electron chi connectivity index (χ2n) is 5.82. The fourth-order valence-corrected chi connectivity index (χ4v) is 4.16. The van der Waals surface area contributed by atoms with E-state index in [9.17, 15) is 9.59 Å². The van der Waals surface area contributed by atoms with Gasteiger partial charge >= 0.3 is 0 Å². The third kappa shape index (κ3) is 1.46. The van der Waals surface area contributed by atoms with Crippen molar-refractivity contribution in [3.05, 3.63) is 0 Å². The van der Waals surface area contributed by atoms with Crippen LogP contribution in [0, 0.1) is 11.8 Å². The number of nitrogens with two attached hydrogens (primary N) is 1. The van der Waals surface area contributed by atoms with Crippen molar-refractivity contribution in [3.8, 4) is 0 Å². The molecule has 2 amide bonds. The largest absolute Gasteiger partial charge is 0.391 e. The number of nitrogens with zero attached hydrogens (tertiary/aromatic N) is 1. The van der Waals surface area contributed by atoms with E-state index in [1.807, 2.05) is 0 Å². The van der Waals surface area contributed by atoms with E-state index in [-0.39, 0.29) is 23.7 Å². The monoisotopic (exact) mass is 266 g/mol. The first-order valence-corrected chi connectivity index (χ1v) is 7.15. The van der Waals surface area contributed by atoms with Gasteiger partial charge in [-0.15, -0.1) is 0 Å². The highest BCUT2D eigenvalue weighted by molar-refractivity contribution is 7.80. The number of hydrogen-bond donors (Lipinski definition) is 1. The first-order valence-electron chi connectivity index (χ1n) is 6.74. The van der Waals surface area contributed by atoms with Crippen LogP contribution in [0.4, 0.5) is 0 Å². The molecule has 18 heavy (non-hydrogen) atoms. The van der Waals surface area contributed by atoms with E-state index in [0.717, 1.165) is 44.9 Å². The van der Waals surface area contributed by atoms with Crippen LogP contribution in [0.25, 0.3) is 0 Å². The molecule has 2 atom stereocenters. The molecule has 2 N–H and O–H groups in total. The van der Waals surface area contributed by atoms with E-state index >= 15 is 0 Å². The summed E-state index contributed by atoms with van der Waals surface area (Å²) in [5, 5.41) is 0. The number of hydrogen-bond acceptors (Lipinski definition) is 3. The first kappa shape index (κ1) is 12.1. The zero-order valence-corrected chi connectivity index (χ0v) is 11.2.